The average molecular weight is 234 g/mol. The highest BCUT2D eigenvalue weighted by Gasteiger charge is 2.28. The molecule has 0 aliphatic heterocycles. The minimum atomic E-state index is -4.30. The zero-order valence-electron chi connectivity index (χ0n) is 8.88. The highest BCUT2D eigenvalue weighted by atomic mass is 19.4. The first-order valence-corrected chi connectivity index (χ1v) is 4.87. The lowest BCUT2D eigenvalue weighted by atomic mass is 10.2. The molecule has 0 bridgehead atoms. The first-order chi connectivity index (χ1) is 7.51. The predicted octanol–water partition coefficient (Wildman–Crippen LogP) is 3.16. The van der Waals surface area contributed by atoms with Crippen LogP contribution in [0.15, 0.2) is 24.3 Å². The Balaban J connectivity index is 2.45. The van der Waals surface area contributed by atoms with E-state index >= 15 is 0 Å². The van der Waals surface area contributed by atoms with Crippen LogP contribution in [0.3, 0.4) is 0 Å². The Labute approximate surface area is 92.0 Å². The normalized spacial score (nSPS) is 11.5. The van der Waals surface area contributed by atoms with Crippen LogP contribution in [0.5, 0.6) is 5.75 Å². The van der Waals surface area contributed by atoms with E-state index in [0.29, 0.717) is 13.2 Å². The third-order valence-electron chi connectivity index (χ3n) is 1.80. The lowest BCUT2D eigenvalue weighted by molar-refractivity contribution is -0.153. The van der Waals surface area contributed by atoms with Crippen molar-refractivity contribution in [3.63, 3.8) is 0 Å². The summed E-state index contributed by atoms with van der Waals surface area (Å²) >= 11 is 0. The maximum Gasteiger partial charge on any atom is 0.422 e. The Bertz CT molecular complexity index is 306. The van der Waals surface area contributed by atoms with Gasteiger partial charge in [0.15, 0.2) is 6.61 Å². The summed E-state index contributed by atoms with van der Waals surface area (Å²) < 4.78 is 45.2. The van der Waals surface area contributed by atoms with Crippen molar-refractivity contribution in [1.29, 1.82) is 0 Å². The second-order valence-corrected chi connectivity index (χ2v) is 3.18. The number of ether oxygens (including phenoxy) is 2. The Morgan fingerprint density at radius 2 is 1.75 bits per heavy atom. The molecule has 0 atom stereocenters. The molecule has 0 amide bonds. The van der Waals surface area contributed by atoms with E-state index < -0.39 is 12.8 Å². The van der Waals surface area contributed by atoms with E-state index in [4.69, 9.17) is 4.74 Å². The molecule has 0 spiro atoms. The van der Waals surface area contributed by atoms with Gasteiger partial charge in [-0.1, -0.05) is 12.1 Å². The number of hydrogen-bond acceptors (Lipinski definition) is 2. The maximum absolute atomic E-state index is 11.8. The molecule has 0 saturated carbocycles. The number of alkyl halides is 3. The molecule has 1 aromatic carbocycles. The second kappa shape index (κ2) is 5.75. The lowest BCUT2D eigenvalue weighted by Gasteiger charge is -2.09. The molecule has 2 nitrogen and oxygen atoms in total. The molecule has 0 saturated heterocycles. The van der Waals surface area contributed by atoms with Gasteiger partial charge in [0, 0.05) is 6.61 Å². The summed E-state index contributed by atoms with van der Waals surface area (Å²) in [7, 11) is 0. The van der Waals surface area contributed by atoms with E-state index in [9.17, 15) is 13.2 Å². The molecule has 1 aromatic rings. The van der Waals surface area contributed by atoms with Gasteiger partial charge in [-0.25, -0.2) is 0 Å². The third-order valence-corrected chi connectivity index (χ3v) is 1.80. The number of benzene rings is 1. The fraction of sp³-hybridized carbons (Fsp3) is 0.455. The summed E-state index contributed by atoms with van der Waals surface area (Å²) in [5.74, 6) is 0.206. The maximum atomic E-state index is 11.8. The van der Waals surface area contributed by atoms with Crippen molar-refractivity contribution in [2.75, 3.05) is 13.2 Å². The SMILES string of the molecule is CCOCc1ccc(OCC(F)(F)F)cc1. The minimum Gasteiger partial charge on any atom is -0.484 e. The molecule has 1 rings (SSSR count). The minimum absolute atomic E-state index is 0.206. The first kappa shape index (κ1) is 12.8. The molecule has 16 heavy (non-hydrogen) atoms. The van der Waals surface area contributed by atoms with Gasteiger partial charge in [-0.2, -0.15) is 13.2 Å². The predicted molar refractivity (Wildman–Crippen MR) is 53.3 cm³/mol. The van der Waals surface area contributed by atoms with Crippen molar-refractivity contribution >= 4 is 0 Å². The number of hydrogen-bond donors (Lipinski definition) is 0. The third kappa shape index (κ3) is 5.02. The van der Waals surface area contributed by atoms with Crippen molar-refractivity contribution in [3.05, 3.63) is 29.8 Å². The van der Waals surface area contributed by atoms with Crippen molar-refractivity contribution in [2.45, 2.75) is 19.7 Å². The molecule has 0 unspecified atom stereocenters. The summed E-state index contributed by atoms with van der Waals surface area (Å²) in [6.45, 7) is 1.67. The Morgan fingerprint density at radius 3 is 2.25 bits per heavy atom. The summed E-state index contributed by atoms with van der Waals surface area (Å²) in [6, 6.07) is 6.36. The molecule has 0 aliphatic carbocycles. The van der Waals surface area contributed by atoms with Crippen molar-refractivity contribution in [3.8, 4) is 5.75 Å². The van der Waals surface area contributed by atoms with E-state index in [2.05, 4.69) is 4.74 Å². The monoisotopic (exact) mass is 234 g/mol. The zero-order valence-corrected chi connectivity index (χ0v) is 8.88. The topological polar surface area (TPSA) is 18.5 Å². The quantitative estimate of drug-likeness (QED) is 0.779. The van der Waals surface area contributed by atoms with Crippen molar-refractivity contribution < 1.29 is 22.6 Å². The Hall–Kier alpha value is -1.23. The molecule has 0 fully saturated rings. The van der Waals surface area contributed by atoms with E-state index in [0.717, 1.165) is 5.56 Å². The van der Waals surface area contributed by atoms with Gasteiger partial charge in [0.1, 0.15) is 5.75 Å². The molecular weight excluding hydrogens is 221 g/mol. The number of halogens is 3. The van der Waals surface area contributed by atoms with Crippen LogP contribution in [-0.2, 0) is 11.3 Å². The van der Waals surface area contributed by atoms with Crippen molar-refractivity contribution in [1.82, 2.24) is 0 Å². The van der Waals surface area contributed by atoms with Crippen LogP contribution >= 0.6 is 0 Å². The van der Waals surface area contributed by atoms with Crippen LogP contribution in [0.1, 0.15) is 12.5 Å². The largest absolute Gasteiger partial charge is 0.484 e. The summed E-state index contributed by atoms with van der Waals surface area (Å²) in [5.41, 5.74) is 0.904. The van der Waals surface area contributed by atoms with Gasteiger partial charge in [0.2, 0.25) is 0 Å². The van der Waals surface area contributed by atoms with Crippen molar-refractivity contribution in [2.24, 2.45) is 0 Å². The van der Waals surface area contributed by atoms with Gasteiger partial charge < -0.3 is 9.47 Å². The van der Waals surface area contributed by atoms with Gasteiger partial charge in [-0.3, -0.25) is 0 Å². The van der Waals surface area contributed by atoms with Gasteiger partial charge in [-0.15, -0.1) is 0 Å². The smallest absolute Gasteiger partial charge is 0.422 e. The number of rotatable bonds is 5. The van der Waals surface area contributed by atoms with Crippen LogP contribution in [0.25, 0.3) is 0 Å². The fourth-order valence-electron chi connectivity index (χ4n) is 1.07. The molecule has 0 N–H and O–H groups in total. The molecule has 0 aliphatic rings. The van der Waals surface area contributed by atoms with Crippen LogP contribution < -0.4 is 4.74 Å². The molecule has 0 radical (unpaired) electrons. The fourth-order valence-corrected chi connectivity index (χ4v) is 1.07. The zero-order chi connectivity index (χ0) is 12.0. The molecule has 90 valence electrons. The Morgan fingerprint density at radius 1 is 1.12 bits per heavy atom. The van der Waals surface area contributed by atoms with E-state index in [-0.39, 0.29) is 5.75 Å². The second-order valence-electron chi connectivity index (χ2n) is 3.18. The molecule has 0 aromatic heterocycles. The molecule has 0 heterocycles. The van der Waals surface area contributed by atoms with E-state index in [1.165, 1.54) is 12.1 Å². The van der Waals surface area contributed by atoms with E-state index in [1.807, 2.05) is 6.92 Å². The highest BCUT2D eigenvalue weighted by Crippen LogP contribution is 2.18. The lowest BCUT2D eigenvalue weighted by Crippen LogP contribution is -2.19. The van der Waals surface area contributed by atoms with Gasteiger partial charge in [-0.05, 0) is 24.6 Å². The standard InChI is InChI=1S/C11H13F3O2/c1-2-15-7-9-3-5-10(6-4-9)16-8-11(12,13)14/h3-6H,2,7-8H2,1H3. The summed E-state index contributed by atoms with van der Waals surface area (Å²) in [5, 5.41) is 0. The van der Waals surface area contributed by atoms with Crippen LogP contribution in [0, 0.1) is 0 Å². The summed E-state index contributed by atoms with van der Waals surface area (Å²) in [4.78, 5) is 0. The van der Waals surface area contributed by atoms with Crippen LogP contribution in [-0.4, -0.2) is 19.4 Å². The van der Waals surface area contributed by atoms with Gasteiger partial charge >= 0.3 is 6.18 Å². The van der Waals surface area contributed by atoms with Crippen LogP contribution in [0.4, 0.5) is 13.2 Å². The molecular formula is C11H13F3O2. The van der Waals surface area contributed by atoms with Gasteiger partial charge in [0.25, 0.3) is 0 Å². The van der Waals surface area contributed by atoms with E-state index in [1.54, 1.807) is 12.1 Å². The molecule has 5 heteroatoms. The highest BCUT2D eigenvalue weighted by molar-refractivity contribution is 5.26. The summed E-state index contributed by atoms with van der Waals surface area (Å²) in [6.07, 6.45) is -4.30. The Kier molecular flexibility index (Phi) is 4.61. The first-order valence-electron chi connectivity index (χ1n) is 4.87. The van der Waals surface area contributed by atoms with Crippen LogP contribution in [0.2, 0.25) is 0 Å². The van der Waals surface area contributed by atoms with Gasteiger partial charge in [0.05, 0.1) is 6.61 Å². The average Bonchev–Trinajstić information content (AvgIpc) is 2.24.